The lowest BCUT2D eigenvalue weighted by molar-refractivity contribution is 0.591. The van der Waals surface area contributed by atoms with Crippen LogP contribution in [0.2, 0.25) is 0 Å². The Bertz CT molecular complexity index is 842. The zero-order valence-electron chi connectivity index (χ0n) is 11.7. The minimum atomic E-state index is -3.66. The van der Waals surface area contributed by atoms with Gasteiger partial charge in [0, 0.05) is 6.54 Å². The Morgan fingerprint density at radius 3 is 2.76 bits per heavy atom. The van der Waals surface area contributed by atoms with E-state index < -0.39 is 10.0 Å². The van der Waals surface area contributed by atoms with E-state index in [9.17, 15) is 8.42 Å². The molecule has 0 saturated carbocycles. The predicted molar refractivity (Wildman–Crippen MR) is 77.5 cm³/mol. The molecule has 1 aromatic carbocycles. The van der Waals surface area contributed by atoms with Gasteiger partial charge in [0.15, 0.2) is 0 Å². The second kappa shape index (κ2) is 4.60. The zero-order chi connectivity index (χ0) is 15.2. The Balaban J connectivity index is 2.15. The lowest BCUT2D eigenvalue weighted by Crippen LogP contribution is -2.29. The Morgan fingerprint density at radius 1 is 1.38 bits per heavy atom. The zero-order valence-corrected chi connectivity index (χ0v) is 12.5. The van der Waals surface area contributed by atoms with Crippen molar-refractivity contribution in [3.8, 4) is 6.07 Å². The van der Waals surface area contributed by atoms with Gasteiger partial charge in [0.2, 0.25) is 0 Å². The fourth-order valence-electron chi connectivity index (χ4n) is 2.70. The van der Waals surface area contributed by atoms with E-state index in [1.807, 2.05) is 12.1 Å². The van der Waals surface area contributed by atoms with E-state index in [-0.39, 0.29) is 4.90 Å². The molecular weight excluding hydrogens is 288 g/mol. The van der Waals surface area contributed by atoms with Crippen LogP contribution in [0.15, 0.2) is 23.1 Å². The van der Waals surface area contributed by atoms with Crippen LogP contribution in [-0.2, 0) is 16.4 Å². The van der Waals surface area contributed by atoms with Gasteiger partial charge in [-0.05, 0) is 38.0 Å². The van der Waals surface area contributed by atoms with Crippen LogP contribution in [0.5, 0.6) is 0 Å². The van der Waals surface area contributed by atoms with Crippen LogP contribution in [0, 0.1) is 25.2 Å². The van der Waals surface area contributed by atoms with Crippen molar-refractivity contribution in [2.24, 2.45) is 0 Å². The van der Waals surface area contributed by atoms with E-state index in [1.165, 1.54) is 4.31 Å². The summed E-state index contributed by atoms with van der Waals surface area (Å²) in [6.45, 7) is 3.74. The molecule has 7 heteroatoms. The number of hydrogen-bond donors (Lipinski definition) is 1. The Hall–Kier alpha value is -2.33. The van der Waals surface area contributed by atoms with Crippen LogP contribution >= 0.6 is 0 Å². The van der Waals surface area contributed by atoms with E-state index in [0.717, 1.165) is 5.56 Å². The maximum atomic E-state index is 12.9. The standard InChI is InChI=1S/C14H14N4O2S/c1-9-14(10(2)17-16-9)21(19,20)18-6-5-12-4-3-11(8-15)7-13(12)18/h3-4,7H,5-6H2,1-2H3,(H,16,17). The highest BCUT2D eigenvalue weighted by molar-refractivity contribution is 7.93. The molecule has 6 nitrogen and oxygen atoms in total. The number of benzene rings is 1. The molecule has 108 valence electrons. The number of aryl methyl sites for hydroxylation is 2. The summed E-state index contributed by atoms with van der Waals surface area (Å²) in [4.78, 5) is 0.220. The largest absolute Gasteiger partial charge is 0.281 e. The number of aromatic amines is 1. The molecule has 0 spiro atoms. The molecule has 0 amide bonds. The summed E-state index contributed by atoms with van der Waals surface area (Å²) in [6, 6.07) is 7.21. The molecule has 1 N–H and O–H groups in total. The fraction of sp³-hybridized carbons (Fsp3) is 0.286. The van der Waals surface area contributed by atoms with Gasteiger partial charge in [-0.2, -0.15) is 10.4 Å². The van der Waals surface area contributed by atoms with Crippen molar-refractivity contribution in [2.75, 3.05) is 10.8 Å². The van der Waals surface area contributed by atoms with Crippen LogP contribution in [0.3, 0.4) is 0 Å². The Labute approximate surface area is 123 Å². The first-order chi connectivity index (χ1) is 9.95. The summed E-state index contributed by atoms with van der Waals surface area (Å²) in [5.41, 5.74) is 2.97. The summed E-state index contributed by atoms with van der Waals surface area (Å²) in [7, 11) is -3.66. The van der Waals surface area contributed by atoms with Gasteiger partial charge in [-0.3, -0.25) is 9.40 Å². The first kappa shape index (κ1) is 13.6. The topological polar surface area (TPSA) is 89.8 Å². The fourth-order valence-corrected chi connectivity index (χ4v) is 4.53. The van der Waals surface area contributed by atoms with Gasteiger partial charge in [0.1, 0.15) is 4.90 Å². The molecule has 0 aliphatic carbocycles. The molecule has 0 fully saturated rings. The molecular formula is C14H14N4O2S. The van der Waals surface area contributed by atoms with Crippen molar-refractivity contribution in [3.63, 3.8) is 0 Å². The number of nitrogens with zero attached hydrogens (tertiary/aromatic N) is 3. The highest BCUT2D eigenvalue weighted by atomic mass is 32.2. The van der Waals surface area contributed by atoms with Crippen molar-refractivity contribution in [3.05, 3.63) is 40.7 Å². The molecule has 2 heterocycles. The summed E-state index contributed by atoms with van der Waals surface area (Å²) in [6.07, 6.45) is 0.649. The number of anilines is 1. The number of nitrogens with one attached hydrogen (secondary N) is 1. The summed E-state index contributed by atoms with van der Waals surface area (Å²) < 4.78 is 27.1. The van der Waals surface area contributed by atoms with Gasteiger partial charge in [0.25, 0.3) is 10.0 Å². The van der Waals surface area contributed by atoms with Crippen LogP contribution in [0.1, 0.15) is 22.5 Å². The third kappa shape index (κ3) is 1.99. The number of H-pyrrole nitrogens is 1. The average molecular weight is 302 g/mol. The van der Waals surface area contributed by atoms with E-state index in [0.29, 0.717) is 35.6 Å². The van der Waals surface area contributed by atoms with E-state index in [2.05, 4.69) is 10.2 Å². The van der Waals surface area contributed by atoms with E-state index in [1.54, 1.807) is 26.0 Å². The SMILES string of the molecule is Cc1n[nH]c(C)c1S(=O)(=O)N1CCc2ccc(C#N)cc21. The number of sulfonamides is 1. The highest BCUT2D eigenvalue weighted by Gasteiger charge is 2.34. The molecule has 1 aliphatic rings. The summed E-state index contributed by atoms with van der Waals surface area (Å²) in [5.74, 6) is 0. The molecule has 0 saturated heterocycles. The van der Waals surface area contributed by atoms with Crippen molar-refractivity contribution in [1.29, 1.82) is 5.26 Å². The summed E-state index contributed by atoms with van der Waals surface area (Å²) >= 11 is 0. The molecule has 3 rings (SSSR count). The van der Waals surface area contributed by atoms with Crippen LogP contribution in [0.4, 0.5) is 5.69 Å². The number of aromatic nitrogens is 2. The van der Waals surface area contributed by atoms with Gasteiger partial charge in [-0.25, -0.2) is 8.42 Å². The molecule has 0 unspecified atom stereocenters. The van der Waals surface area contributed by atoms with Crippen molar-refractivity contribution >= 4 is 15.7 Å². The molecule has 0 radical (unpaired) electrons. The lowest BCUT2D eigenvalue weighted by atomic mass is 10.1. The van der Waals surface area contributed by atoms with Crippen LogP contribution in [-0.4, -0.2) is 25.2 Å². The molecule has 1 aromatic heterocycles. The quantitative estimate of drug-likeness (QED) is 0.913. The first-order valence-corrected chi connectivity index (χ1v) is 7.96. The molecule has 1 aliphatic heterocycles. The number of hydrogen-bond acceptors (Lipinski definition) is 4. The van der Waals surface area contributed by atoms with Crippen LogP contribution < -0.4 is 4.31 Å². The maximum absolute atomic E-state index is 12.9. The number of fused-ring (bicyclic) bond motifs is 1. The smallest absolute Gasteiger partial charge is 0.268 e. The minimum Gasteiger partial charge on any atom is -0.281 e. The van der Waals surface area contributed by atoms with Crippen molar-refractivity contribution in [2.45, 2.75) is 25.2 Å². The van der Waals surface area contributed by atoms with Gasteiger partial charge < -0.3 is 0 Å². The van der Waals surface area contributed by atoms with Crippen LogP contribution in [0.25, 0.3) is 0 Å². The number of rotatable bonds is 2. The molecule has 0 atom stereocenters. The van der Waals surface area contributed by atoms with Crippen molar-refractivity contribution < 1.29 is 8.42 Å². The van der Waals surface area contributed by atoms with E-state index >= 15 is 0 Å². The van der Waals surface area contributed by atoms with E-state index in [4.69, 9.17) is 5.26 Å². The average Bonchev–Trinajstić information content (AvgIpc) is 3.02. The Kier molecular flexibility index (Phi) is 2.99. The second-order valence-electron chi connectivity index (χ2n) is 5.05. The summed E-state index contributed by atoms with van der Waals surface area (Å²) in [5, 5.41) is 15.7. The Morgan fingerprint density at radius 2 is 2.14 bits per heavy atom. The molecule has 2 aromatic rings. The lowest BCUT2D eigenvalue weighted by Gasteiger charge is -2.19. The maximum Gasteiger partial charge on any atom is 0.268 e. The normalized spacial score (nSPS) is 14.0. The molecule has 0 bridgehead atoms. The minimum absolute atomic E-state index is 0.220. The molecule has 21 heavy (non-hydrogen) atoms. The van der Waals surface area contributed by atoms with Gasteiger partial charge in [-0.15, -0.1) is 0 Å². The van der Waals surface area contributed by atoms with Gasteiger partial charge >= 0.3 is 0 Å². The monoisotopic (exact) mass is 302 g/mol. The third-order valence-corrected chi connectivity index (χ3v) is 5.75. The predicted octanol–water partition coefficient (Wildman–Crippen LogP) is 1.65. The third-order valence-electron chi connectivity index (χ3n) is 3.68. The first-order valence-electron chi connectivity index (χ1n) is 6.52. The van der Waals surface area contributed by atoms with Gasteiger partial charge in [0.05, 0.1) is 28.7 Å². The highest BCUT2D eigenvalue weighted by Crippen LogP contribution is 2.34. The second-order valence-corrected chi connectivity index (χ2v) is 6.84. The van der Waals surface area contributed by atoms with Gasteiger partial charge in [-0.1, -0.05) is 6.07 Å². The van der Waals surface area contributed by atoms with Crippen molar-refractivity contribution in [1.82, 2.24) is 10.2 Å². The number of nitriles is 1.